The molecule has 5 heteroatoms. The molecule has 0 N–H and O–H groups in total. The quantitative estimate of drug-likeness (QED) is 0.283. The molecule has 0 saturated heterocycles. The SMILES string of the molecule is CCCCOC(C)OCc1ccc(Br)c(COC(C)OCCCC)c1. The maximum atomic E-state index is 5.78. The van der Waals surface area contributed by atoms with Crippen LogP contribution in [0.15, 0.2) is 22.7 Å². The van der Waals surface area contributed by atoms with E-state index in [1.54, 1.807) is 0 Å². The van der Waals surface area contributed by atoms with E-state index in [0.717, 1.165) is 54.5 Å². The molecule has 0 heterocycles. The maximum absolute atomic E-state index is 5.78. The normalized spacial score (nSPS) is 13.8. The Morgan fingerprint density at radius 2 is 1.40 bits per heavy atom. The van der Waals surface area contributed by atoms with E-state index in [4.69, 9.17) is 18.9 Å². The van der Waals surface area contributed by atoms with Crippen molar-refractivity contribution in [3.8, 4) is 0 Å². The molecule has 0 radical (unpaired) electrons. The van der Waals surface area contributed by atoms with Crippen molar-refractivity contribution in [2.24, 2.45) is 0 Å². The number of hydrogen-bond donors (Lipinski definition) is 0. The Morgan fingerprint density at radius 3 is 1.96 bits per heavy atom. The van der Waals surface area contributed by atoms with Crippen molar-refractivity contribution in [3.05, 3.63) is 33.8 Å². The lowest BCUT2D eigenvalue weighted by atomic mass is 10.1. The molecule has 0 aliphatic heterocycles. The minimum Gasteiger partial charge on any atom is -0.353 e. The van der Waals surface area contributed by atoms with Gasteiger partial charge in [0, 0.05) is 17.7 Å². The van der Waals surface area contributed by atoms with Crippen LogP contribution in [0.4, 0.5) is 0 Å². The molecule has 0 aliphatic rings. The molecule has 4 nitrogen and oxygen atoms in total. The number of hydrogen-bond acceptors (Lipinski definition) is 4. The summed E-state index contributed by atoms with van der Waals surface area (Å²) in [5, 5.41) is 0. The fourth-order valence-corrected chi connectivity index (χ4v) is 2.49. The molecule has 0 aliphatic carbocycles. The van der Waals surface area contributed by atoms with Crippen LogP contribution in [0, 0.1) is 0 Å². The minimum atomic E-state index is -0.203. The molecule has 0 spiro atoms. The van der Waals surface area contributed by atoms with Gasteiger partial charge in [-0.05, 0) is 43.9 Å². The molecule has 1 aromatic rings. The van der Waals surface area contributed by atoms with E-state index in [1.807, 2.05) is 26.0 Å². The molecule has 2 atom stereocenters. The van der Waals surface area contributed by atoms with Gasteiger partial charge in [0.1, 0.15) is 0 Å². The van der Waals surface area contributed by atoms with Crippen molar-refractivity contribution in [2.75, 3.05) is 13.2 Å². The van der Waals surface area contributed by atoms with Gasteiger partial charge in [-0.2, -0.15) is 0 Å². The summed E-state index contributed by atoms with van der Waals surface area (Å²) in [7, 11) is 0. The average molecular weight is 417 g/mol. The van der Waals surface area contributed by atoms with Crippen LogP contribution in [-0.4, -0.2) is 25.8 Å². The Labute approximate surface area is 161 Å². The number of rotatable bonds is 14. The van der Waals surface area contributed by atoms with E-state index in [-0.39, 0.29) is 12.6 Å². The van der Waals surface area contributed by atoms with Crippen LogP contribution in [0.1, 0.15) is 64.5 Å². The van der Waals surface area contributed by atoms with Gasteiger partial charge in [0.2, 0.25) is 0 Å². The van der Waals surface area contributed by atoms with Crippen LogP contribution in [0.5, 0.6) is 0 Å². The van der Waals surface area contributed by atoms with Gasteiger partial charge in [-0.1, -0.05) is 54.8 Å². The summed E-state index contributed by atoms with van der Waals surface area (Å²) in [6.07, 6.45) is 3.98. The van der Waals surface area contributed by atoms with Gasteiger partial charge in [0.15, 0.2) is 12.6 Å². The summed E-state index contributed by atoms with van der Waals surface area (Å²) >= 11 is 3.58. The van der Waals surface area contributed by atoms with Crippen molar-refractivity contribution in [1.82, 2.24) is 0 Å². The Bertz CT molecular complexity index is 467. The molecule has 0 aromatic heterocycles. The van der Waals surface area contributed by atoms with Gasteiger partial charge in [0.25, 0.3) is 0 Å². The minimum absolute atomic E-state index is 0.193. The number of halogens is 1. The van der Waals surface area contributed by atoms with Crippen molar-refractivity contribution in [1.29, 1.82) is 0 Å². The van der Waals surface area contributed by atoms with Crippen molar-refractivity contribution in [3.63, 3.8) is 0 Å². The van der Waals surface area contributed by atoms with Crippen LogP contribution < -0.4 is 0 Å². The van der Waals surface area contributed by atoms with E-state index in [1.165, 1.54) is 0 Å². The lowest BCUT2D eigenvalue weighted by Gasteiger charge is -2.16. The predicted molar refractivity (Wildman–Crippen MR) is 104 cm³/mol. The van der Waals surface area contributed by atoms with E-state index in [0.29, 0.717) is 13.2 Å². The van der Waals surface area contributed by atoms with E-state index >= 15 is 0 Å². The van der Waals surface area contributed by atoms with Gasteiger partial charge >= 0.3 is 0 Å². The third-order valence-corrected chi connectivity index (χ3v) is 4.54. The first-order valence-electron chi connectivity index (χ1n) is 9.30. The highest BCUT2D eigenvalue weighted by Crippen LogP contribution is 2.21. The molecule has 2 unspecified atom stereocenters. The van der Waals surface area contributed by atoms with Gasteiger partial charge < -0.3 is 18.9 Å². The molecule has 1 aromatic carbocycles. The summed E-state index contributed by atoms with van der Waals surface area (Å²) in [6.45, 7) is 10.7. The van der Waals surface area contributed by atoms with Gasteiger partial charge in [-0.25, -0.2) is 0 Å². The van der Waals surface area contributed by atoms with E-state index < -0.39 is 0 Å². The monoisotopic (exact) mass is 416 g/mol. The van der Waals surface area contributed by atoms with Crippen molar-refractivity contribution in [2.45, 2.75) is 79.2 Å². The zero-order valence-corrected chi connectivity index (χ0v) is 17.6. The zero-order valence-electron chi connectivity index (χ0n) is 16.1. The summed E-state index contributed by atoms with van der Waals surface area (Å²) in [4.78, 5) is 0. The highest BCUT2D eigenvalue weighted by atomic mass is 79.9. The molecule has 0 amide bonds. The first-order valence-corrected chi connectivity index (χ1v) is 10.1. The summed E-state index contributed by atoms with van der Waals surface area (Å²) in [6, 6.07) is 6.18. The van der Waals surface area contributed by atoms with Gasteiger partial charge in [-0.15, -0.1) is 0 Å². The predicted octanol–water partition coefficient (Wildman–Crippen LogP) is 5.81. The van der Waals surface area contributed by atoms with Crippen LogP contribution in [-0.2, 0) is 32.2 Å². The second kappa shape index (κ2) is 13.7. The van der Waals surface area contributed by atoms with Crippen LogP contribution in [0.3, 0.4) is 0 Å². The smallest absolute Gasteiger partial charge is 0.155 e. The standard InChI is InChI=1S/C20H33BrO4/c1-5-7-11-22-16(3)24-14-18-9-10-20(21)19(13-18)15-25-17(4)23-12-8-6-2/h9-10,13,16-17H,5-8,11-12,14-15H2,1-4H3. The number of unbranched alkanes of at least 4 members (excludes halogenated alkanes) is 2. The number of benzene rings is 1. The Balaban J connectivity index is 2.41. The summed E-state index contributed by atoms with van der Waals surface area (Å²) in [5.74, 6) is 0. The fraction of sp³-hybridized carbons (Fsp3) is 0.700. The third kappa shape index (κ3) is 10.3. The lowest BCUT2D eigenvalue weighted by molar-refractivity contribution is -0.139. The second-order valence-corrected chi connectivity index (χ2v) is 6.99. The van der Waals surface area contributed by atoms with E-state index in [9.17, 15) is 0 Å². The van der Waals surface area contributed by atoms with Crippen LogP contribution in [0.25, 0.3) is 0 Å². The highest BCUT2D eigenvalue weighted by Gasteiger charge is 2.08. The molecular weight excluding hydrogens is 384 g/mol. The zero-order chi connectivity index (χ0) is 18.5. The lowest BCUT2D eigenvalue weighted by Crippen LogP contribution is -2.14. The molecule has 0 fully saturated rings. The van der Waals surface area contributed by atoms with Gasteiger partial charge in [-0.3, -0.25) is 0 Å². The average Bonchev–Trinajstić information content (AvgIpc) is 2.60. The Hall–Kier alpha value is -0.460. The molecule has 25 heavy (non-hydrogen) atoms. The summed E-state index contributed by atoms with van der Waals surface area (Å²) in [5.41, 5.74) is 2.19. The molecule has 144 valence electrons. The topological polar surface area (TPSA) is 36.9 Å². The maximum Gasteiger partial charge on any atom is 0.155 e. The molecule has 0 bridgehead atoms. The summed E-state index contributed by atoms with van der Waals surface area (Å²) < 4.78 is 23.8. The molecule has 1 rings (SSSR count). The van der Waals surface area contributed by atoms with Crippen molar-refractivity contribution < 1.29 is 18.9 Å². The molecular formula is C20H33BrO4. The fourth-order valence-electron chi connectivity index (χ4n) is 2.13. The van der Waals surface area contributed by atoms with Crippen LogP contribution >= 0.6 is 15.9 Å². The van der Waals surface area contributed by atoms with Crippen molar-refractivity contribution >= 4 is 15.9 Å². The Morgan fingerprint density at radius 1 is 0.840 bits per heavy atom. The third-order valence-electron chi connectivity index (χ3n) is 3.77. The highest BCUT2D eigenvalue weighted by molar-refractivity contribution is 9.10. The first kappa shape index (κ1) is 22.6. The molecule has 0 saturated carbocycles. The number of ether oxygens (including phenoxy) is 4. The first-order chi connectivity index (χ1) is 12.1. The largest absolute Gasteiger partial charge is 0.353 e. The van der Waals surface area contributed by atoms with Crippen LogP contribution in [0.2, 0.25) is 0 Å². The second-order valence-electron chi connectivity index (χ2n) is 6.13. The Kier molecular flexibility index (Phi) is 12.4. The van der Waals surface area contributed by atoms with E-state index in [2.05, 4.69) is 35.8 Å². The van der Waals surface area contributed by atoms with Gasteiger partial charge in [0.05, 0.1) is 13.2 Å².